The Hall–Kier alpha value is -3.65. The van der Waals surface area contributed by atoms with Crippen LogP contribution in [0.4, 0.5) is 5.69 Å². The lowest BCUT2D eigenvalue weighted by Crippen LogP contribution is -2.24. The van der Waals surface area contributed by atoms with E-state index in [2.05, 4.69) is 20.0 Å². The van der Waals surface area contributed by atoms with E-state index in [-0.39, 0.29) is 28.4 Å². The maximum absolute atomic E-state index is 12.4. The first-order valence-corrected chi connectivity index (χ1v) is 8.35. The summed E-state index contributed by atoms with van der Waals surface area (Å²) in [5.74, 6) is -1.47. The summed E-state index contributed by atoms with van der Waals surface area (Å²) in [6.45, 7) is 0. The van der Waals surface area contributed by atoms with Crippen molar-refractivity contribution in [2.24, 2.45) is 0 Å². The number of aromatic amines is 1. The first-order valence-electron chi connectivity index (χ1n) is 7.97. The zero-order valence-corrected chi connectivity index (χ0v) is 15.3. The molecule has 0 aliphatic heterocycles. The maximum atomic E-state index is 12.4. The number of benzene rings is 2. The average molecular weight is 400 g/mol. The lowest BCUT2D eigenvalue weighted by Gasteiger charge is -2.08. The van der Waals surface area contributed by atoms with Crippen LogP contribution in [0.1, 0.15) is 20.7 Å². The molecule has 2 aromatic carbocycles. The number of aromatic hydroxyl groups is 1. The van der Waals surface area contributed by atoms with Crippen molar-refractivity contribution in [3.8, 4) is 17.1 Å². The fourth-order valence-corrected chi connectivity index (χ4v) is 2.51. The molecule has 0 unspecified atom stereocenters. The second-order valence-corrected chi connectivity index (χ2v) is 6.10. The van der Waals surface area contributed by atoms with Crippen molar-refractivity contribution in [3.05, 3.63) is 75.2 Å². The average Bonchev–Trinajstić information content (AvgIpc) is 2.69. The number of rotatable bonds is 4. The van der Waals surface area contributed by atoms with Crippen LogP contribution in [0.3, 0.4) is 0 Å². The Balaban J connectivity index is 1.82. The van der Waals surface area contributed by atoms with Gasteiger partial charge in [0.15, 0.2) is 0 Å². The van der Waals surface area contributed by atoms with Crippen LogP contribution in [0, 0.1) is 0 Å². The first-order chi connectivity index (χ1) is 13.4. The molecule has 142 valence electrons. The zero-order valence-electron chi connectivity index (χ0n) is 14.5. The highest BCUT2D eigenvalue weighted by Crippen LogP contribution is 2.25. The number of methoxy groups -OCH3 is 1. The van der Waals surface area contributed by atoms with Crippen LogP contribution in [0.25, 0.3) is 11.4 Å². The van der Waals surface area contributed by atoms with Crippen LogP contribution in [-0.4, -0.2) is 34.1 Å². The highest BCUT2D eigenvalue weighted by atomic mass is 35.5. The molecule has 1 amide bonds. The number of H-pyrrole nitrogens is 1. The van der Waals surface area contributed by atoms with E-state index in [1.54, 1.807) is 24.3 Å². The van der Waals surface area contributed by atoms with Crippen molar-refractivity contribution in [2.75, 3.05) is 12.4 Å². The van der Waals surface area contributed by atoms with Crippen molar-refractivity contribution >= 4 is 29.2 Å². The molecule has 0 bridgehead atoms. The van der Waals surface area contributed by atoms with Gasteiger partial charge in [-0.3, -0.25) is 9.59 Å². The van der Waals surface area contributed by atoms with Crippen molar-refractivity contribution in [2.45, 2.75) is 0 Å². The number of amides is 1. The molecule has 0 saturated carbocycles. The van der Waals surface area contributed by atoms with E-state index in [1.165, 1.54) is 19.2 Å². The number of phenolic OH excluding ortho intramolecular Hbond substituents is 1. The molecule has 3 aromatic rings. The summed E-state index contributed by atoms with van der Waals surface area (Å²) in [5, 5.41) is 12.9. The van der Waals surface area contributed by atoms with E-state index in [1.807, 2.05) is 0 Å². The van der Waals surface area contributed by atoms with Gasteiger partial charge in [-0.05, 0) is 42.5 Å². The fraction of sp³-hybridized carbons (Fsp3) is 0.0526. The number of ether oxygens (including phenoxy) is 1. The largest absolute Gasteiger partial charge is 0.506 e. The smallest absolute Gasteiger partial charge is 0.337 e. The second kappa shape index (κ2) is 7.93. The number of anilines is 1. The minimum absolute atomic E-state index is 0.0267. The number of esters is 1. The molecule has 1 heterocycles. The van der Waals surface area contributed by atoms with E-state index < -0.39 is 17.4 Å². The molecule has 0 atom stereocenters. The Morgan fingerprint density at radius 2 is 1.89 bits per heavy atom. The Kier molecular flexibility index (Phi) is 5.42. The summed E-state index contributed by atoms with van der Waals surface area (Å²) in [4.78, 5) is 42.7. The van der Waals surface area contributed by atoms with Gasteiger partial charge in [-0.1, -0.05) is 11.6 Å². The quantitative estimate of drug-likeness (QED) is 0.458. The third-order valence-electron chi connectivity index (χ3n) is 3.83. The van der Waals surface area contributed by atoms with Crippen molar-refractivity contribution in [1.29, 1.82) is 0 Å². The Labute approximate surface area is 163 Å². The van der Waals surface area contributed by atoms with E-state index in [9.17, 15) is 19.5 Å². The standard InChI is InChI=1S/C19H14ClN3O5/c1-28-19(27)11-4-7-14(15(24)8-11)22-17(25)13-9-21-16(23-18(13)26)10-2-5-12(20)6-3-10/h2-9,24H,1H3,(H,22,25)(H,21,23,26). The normalized spacial score (nSPS) is 10.4. The van der Waals surface area contributed by atoms with E-state index in [0.29, 0.717) is 10.6 Å². The summed E-state index contributed by atoms with van der Waals surface area (Å²) >= 11 is 5.83. The lowest BCUT2D eigenvalue weighted by molar-refractivity contribution is 0.0600. The van der Waals surface area contributed by atoms with Crippen LogP contribution in [0.5, 0.6) is 5.75 Å². The Morgan fingerprint density at radius 3 is 2.50 bits per heavy atom. The maximum Gasteiger partial charge on any atom is 0.337 e. The number of nitrogens with zero attached hydrogens (tertiary/aromatic N) is 1. The molecule has 0 saturated heterocycles. The molecular weight excluding hydrogens is 386 g/mol. The molecule has 0 aliphatic rings. The van der Waals surface area contributed by atoms with Gasteiger partial charge in [0.1, 0.15) is 17.1 Å². The zero-order chi connectivity index (χ0) is 20.3. The van der Waals surface area contributed by atoms with Gasteiger partial charge in [0.25, 0.3) is 11.5 Å². The number of halogens is 1. The van der Waals surface area contributed by atoms with Crippen molar-refractivity contribution in [3.63, 3.8) is 0 Å². The molecule has 3 rings (SSSR count). The lowest BCUT2D eigenvalue weighted by atomic mass is 10.2. The summed E-state index contributed by atoms with van der Waals surface area (Å²) < 4.78 is 4.55. The number of nitrogens with one attached hydrogen (secondary N) is 2. The van der Waals surface area contributed by atoms with Gasteiger partial charge in [-0.15, -0.1) is 0 Å². The van der Waals surface area contributed by atoms with Gasteiger partial charge in [0, 0.05) is 16.8 Å². The van der Waals surface area contributed by atoms with Crippen LogP contribution in [0.15, 0.2) is 53.5 Å². The molecule has 9 heteroatoms. The molecule has 1 aromatic heterocycles. The summed E-state index contributed by atoms with van der Waals surface area (Å²) in [5.41, 5.74) is -0.120. The fourth-order valence-electron chi connectivity index (χ4n) is 2.38. The number of phenols is 1. The van der Waals surface area contributed by atoms with Gasteiger partial charge in [0.2, 0.25) is 0 Å². The van der Waals surface area contributed by atoms with Crippen molar-refractivity contribution < 1.29 is 19.4 Å². The predicted molar refractivity (Wildman–Crippen MR) is 103 cm³/mol. The number of hydrogen-bond acceptors (Lipinski definition) is 6. The molecule has 8 nitrogen and oxygen atoms in total. The van der Waals surface area contributed by atoms with E-state index in [0.717, 1.165) is 12.3 Å². The molecule has 28 heavy (non-hydrogen) atoms. The monoisotopic (exact) mass is 399 g/mol. The molecule has 0 radical (unpaired) electrons. The summed E-state index contributed by atoms with van der Waals surface area (Å²) in [6, 6.07) is 10.5. The topological polar surface area (TPSA) is 121 Å². The van der Waals surface area contributed by atoms with E-state index in [4.69, 9.17) is 11.6 Å². The number of carbonyl (C=O) groups is 2. The van der Waals surface area contributed by atoms with Gasteiger partial charge >= 0.3 is 5.97 Å². The second-order valence-electron chi connectivity index (χ2n) is 5.66. The summed E-state index contributed by atoms with van der Waals surface area (Å²) in [6.07, 6.45) is 1.14. The third-order valence-corrected chi connectivity index (χ3v) is 4.08. The molecule has 0 aliphatic carbocycles. The minimum Gasteiger partial charge on any atom is -0.506 e. The predicted octanol–water partition coefficient (Wildman–Crippen LogP) is 2.83. The van der Waals surface area contributed by atoms with Crippen LogP contribution in [0.2, 0.25) is 5.02 Å². The van der Waals surface area contributed by atoms with E-state index >= 15 is 0 Å². The molecule has 0 fully saturated rings. The number of hydrogen-bond donors (Lipinski definition) is 3. The van der Waals surface area contributed by atoms with Gasteiger partial charge in [-0.25, -0.2) is 9.78 Å². The Morgan fingerprint density at radius 1 is 1.18 bits per heavy atom. The third kappa shape index (κ3) is 4.02. The van der Waals surface area contributed by atoms with Gasteiger partial charge < -0.3 is 20.1 Å². The molecular formula is C19H14ClN3O5. The van der Waals surface area contributed by atoms with Gasteiger partial charge in [0.05, 0.1) is 18.4 Å². The summed E-state index contributed by atoms with van der Waals surface area (Å²) in [7, 11) is 1.21. The van der Waals surface area contributed by atoms with Crippen LogP contribution >= 0.6 is 11.6 Å². The number of aromatic nitrogens is 2. The van der Waals surface area contributed by atoms with Crippen molar-refractivity contribution in [1.82, 2.24) is 9.97 Å². The van der Waals surface area contributed by atoms with Crippen LogP contribution in [-0.2, 0) is 4.74 Å². The SMILES string of the molecule is COC(=O)c1ccc(NC(=O)c2cnc(-c3ccc(Cl)cc3)[nH]c2=O)c(O)c1. The Bertz CT molecular complexity index is 1110. The molecule has 0 spiro atoms. The highest BCUT2D eigenvalue weighted by molar-refractivity contribution is 6.30. The van der Waals surface area contributed by atoms with Crippen LogP contribution < -0.4 is 10.9 Å². The highest BCUT2D eigenvalue weighted by Gasteiger charge is 2.16. The minimum atomic E-state index is -0.766. The molecule has 3 N–H and O–H groups in total. The first kappa shape index (κ1) is 19.1. The van der Waals surface area contributed by atoms with Gasteiger partial charge in [-0.2, -0.15) is 0 Å². The number of carbonyl (C=O) groups excluding carboxylic acids is 2.